The molecule has 112 valence electrons. The van der Waals surface area contributed by atoms with Crippen LogP contribution in [-0.2, 0) is 0 Å². The Morgan fingerprint density at radius 2 is 1.79 bits per heavy atom. The Morgan fingerprint density at radius 1 is 1.11 bits per heavy atom. The Hall–Kier alpha value is -0.0800. The van der Waals surface area contributed by atoms with Crippen LogP contribution < -0.4 is 5.32 Å². The Morgan fingerprint density at radius 3 is 2.53 bits per heavy atom. The number of hydrogen-bond donors (Lipinski definition) is 1. The number of nitrogens with zero attached hydrogens (tertiary/aromatic N) is 1. The maximum atomic E-state index is 3.66. The first-order valence-electron chi connectivity index (χ1n) is 8.45. The van der Waals surface area contributed by atoms with Crippen LogP contribution in [0.5, 0.6) is 0 Å². The molecule has 0 aromatic carbocycles. The van der Waals surface area contributed by atoms with E-state index in [-0.39, 0.29) is 5.54 Å². The van der Waals surface area contributed by atoms with Crippen molar-refractivity contribution in [3.05, 3.63) is 0 Å². The van der Waals surface area contributed by atoms with Crippen molar-refractivity contribution in [2.24, 2.45) is 11.8 Å². The molecule has 0 spiro atoms. The molecule has 0 aromatic rings. The van der Waals surface area contributed by atoms with Gasteiger partial charge in [-0.1, -0.05) is 19.8 Å². The van der Waals surface area contributed by atoms with E-state index in [1.54, 1.807) is 0 Å². The molecule has 3 atom stereocenters. The molecular formula is C17H34N2. The second kappa shape index (κ2) is 6.58. The van der Waals surface area contributed by atoms with E-state index in [0.29, 0.717) is 0 Å². The van der Waals surface area contributed by atoms with Crippen molar-refractivity contribution in [2.75, 3.05) is 19.6 Å². The summed E-state index contributed by atoms with van der Waals surface area (Å²) in [6.07, 6.45) is 8.83. The van der Waals surface area contributed by atoms with Gasteiger partial charge in [-0.05, 0) is 71.4 Å². The average Bonchev–Trinajstić information content (AvgIpc) is 2.36. The van der Waals surface area contributed by atoms with E-state index in [0.717, 1.165) is 24.4 Å². The third-order valence-electron chi connectivity index (χ3n) is 4.89. The molecule has 19 heavy (non-hydrogen) atoms. The molecule has 0 bridgehead atoms. The van der Waals surface area contributed by atoms with Crippen LogP contribution in [0.1, 0.15) is 66.2 Å². The summed E-state index contributed by atoms with van der Waals surface area (Å²) in [5, 5.41) is 3.66. The highest BCUT2D eigenvalue weighted by Gasteiger charge is 2.33. The molecule has 0 radical (unpaired) electrons. The van der Waals surface area contributed by atoms with Crippen LogP contribution in [0.25, 0.3) is 0 Å². The molecule has 2 aliphatic rings. The van der Waals surface area contributed by atoms with Gasteiger partial charge >= 0.3 is 0 Å². The zero-order chi connectivity index (χ0) is 13.9. The summed E-state index contributed by atoms with van der Waals surface area (Å²) in [5.41, 5.74) is 0.254. The Bertz CT molecular complexity index is 267. The maximum absolute atomic E-state index is 3.66. The molecule has 2 rings (SSSR count). The lowest BCUT2D eigenvalue weighted by molar-refractivity contribution is 0.0493. The molecule has 1 unspecified atom stereocenters. The van der Waals surface area contributed by atoms with Gasteiger partial charge in [0.05, 0.1) is 0 Å². The van der Waals surface area contributed by atoms with Gasteiger partial charge in [0, 0.05) is 18.1 Å². The summed E-state index contributed by atoms with van der Waals surface area (Å²) in [6.45, 7) is 13.0. The molecule has 1 aliphatic heterocycles. The lowest BCUT2D eigenvalue weighted by Gasteiger charge is -2.45. The van der Waals surface area contributed by atoms with Crippen LogP contribution in [0.2, 0.25) is 0 Å². The van der Waals surface area contributed by atoms with E-state index >= 15 is 0 Å². The average molecular weight is 266 g/mol. The van der Waals surface area contributed by atoms with Gasteiger partial charge in [-0.2, -0.15) is 0 Å². The molecule has 2 heteroatoms. The molecule has 1 saturated heterocycles. The molecular weight excluding hydrogens is 232 g/mol. The highest BCUT2D eigenvalue weighted by molar-refractivity contribution is 4.88. The van der Waals surface area contributed by atoms with Crippen molar-refractivity contribution in [3.8, 4) is 0 Å². The maximum Gasteiger partial charge on any atom is 0.0124 e. The first kappa shape index (κ1) is 15.3. The third kappa shape index (κ3) is 4.75. The summed E-state index contributed by atoms with van der Waals surface area (Å²) in [7, 11) is 0. The molecule has 2 nitrogen and oxygen atoms in total. The van der Waals surface area contributed by atoms with Crippen molar-refractivity contribution in [3.63, 3.8) is 0 Å². The molecule has 0 amide bonds. The van der Waals surface area contributed by atoms with E-state index < -0.39 is 0 Å². The zero-order valence-corrected chi connectivity index (χ0v) is 13.5. The first-order chi connectivity index (χ1) is 8.96. The van der Waals surface area contributed by atoms with Gasteiger partial charge < -0.3 is 5.32 Å². The van der Waals surface area contributed by atoms with Crippen molar-refractivity contribution >= 4 is 0 Å². The van der Waals surface area contributed by atoms with E-state index in [4.69, 9.17) is 0 Å². The van der Waals surface area contributed by atoms with Crippen LogP contribution >= 0.6 is 0 Å². The SMILES string of the molecule is CC(CNC(C)(C)C)CN1CCC[C@H]2CCCC[C@H]21. The van der Waals surface area contributed by atoms with Gasteiger partial charge in [0.25, 0.3) is 0 Å². The minimum atomic E-state index is 0.254. The first-order valence-corrected chi connectivity index (χ1v) is 8.45. The second-order valence-corrected chi connectivity index (χ2v) is 7.99. The summed E-state index contributed by atoms with van der Waals surface area (Å²) in [6, 6.07) is 0.916. The largest absolute Gasteiger partial charge is 0.312 e. The highest BCUT2D eigenvalue weighted by atomic mass is 15.2. The molecule has 1 aliphatic carbocycles. The van der Waals surface area contributed by atoms with E-state index in [2.05, 4.69) is 37.9 Å². The van der Waals surface area contributed by atoms with Crippen LogP contribution in [0, 0.1) is 11.8 Å². The van der Waals surface area contributed by atoms with E-state index in [9.17, 15) is 0 Å². The molecule has 1 N–H and O–H groups in total. The van der Waals surface area contributed by atoms with E-state index in [1.165, 1.54) is 51.6 Å². The minimum absolute atomic E-state index is 0.254. The van der Waals surface area contributed by atoms with Crippen LogP contribution in [0.3, 0.4) is 0 Å². The predicted molar refractivity (Wildman–Crippen MR) is 83.5 cm³/mol. The lowest BCUT2D eigenvalue weighted by atomic mass is 9.78. The van der Waals surface area contributed by atoms with Crippen molar-refractivity contribution in [1.29, 1.82) is 0 Å². The number of nitrogens with one attached hydrogen (secondary N) is 1. The molecule has 0 aromatic heterocycles. The fourth-order valence-electron chi connectivity index (χ4n) is 3.90. The quantitative estimate of drug-likeness (QED) is 0.835. The second-order valence-electron chi connectivity index (χ2n) is 7.99. The zero-order valence-electron chi connectivity index (χ0n) is 13.5. The van der Waals surface area contributed by atoms with Gasteiger partial charge in [0.2, 0.25) is 0 Å². The van der Waals surface area contributed by atoms with Gasteiger partial charge in [-0.25, -0.2) is 0 Å². The van der Waals surface area contributed by atoms with E-state index in [1.807, 2.05) is 0 Å². The normalized spacial score (nSPS) is 30.9. The number of fused-ring (bicyclic) bond motifs is 1. The molecule has 2 fully saturated rings. The Balaban J connectivity index is 1.80. The summed E-state index contributed by atoms with van der Waals surface area (Å²) in [4.78, 5) is 2.82. The topological polar surface area (TPSA) is 15.3 Å². The van der Waals surface area contributed by atoms with Crippen LogP contribution in [0.4, 0.5) is 0 Å². The number of rotatable bonds is 4. The van der Waals surface area contributed by atoms with Gasteiger partial charge in [0.1, 0.15) is 0 Å². The third-order valence-corrected chi connectivity index (χ3v) is 4.89. The smallest absolute Gasteiger partial charge is 0.0124 e. The molecule has 1 saturated carbocycles. The number of piperidine rings is 1. The van der Waals surface area contributed by atoms with Crippen molar-refractivity contribution < 1.29 is 0 Å². The minimum Gasteiger partial charge on any atom is -0.312 e. The monoisotopic (exact) mass is 266 g/mol. The summed E-state index contributed by atoms with van der Waals surface area (Å²) in [5.74, 6) is 1.78. The Kier molecular flexibility index (Phi) is 5.30. The standard InChI is InChI=1S/C17H34N2/c1-14(12-18-17(2,3)4)13-19-11-7-9-15-8-5-6-10-16(15)19/h14-16,18H,5-13H2,1-4H3/t14?,15-,16-/m1/s1. The molecule has 1 heterocycles. The summed E-state index contributed by atoms with van der Waals surface area (Å²) >= 11 is 0. The predicted octanol–water partition coefficient (Wildman–Crippen LogP) is 3.67. The highest BCUT2D eigenvalue weighted by Crippen LogP contribution is 2.35. The van der Waals surface area contributed by atoms with Crippen molar-refractivity contribution in [1.82, 2.24) is 10.2 Å². The number of hydrogen-bond acceptors (Lipinski definition) is 2. The van der Waals surface area contributed by atoms with Gasteiger partial charge in [-0.3, -0.25) is 4.90 Å². The summed E-state index contributed by atoms with van der Waals surface area (Å²) < 4.78 is 0. The fraction of sp³-hybridized carbons (Fsp3) is 1.00. The van der Waals surface area contributed by atoms with Crippen molar-refractivity contribution in [2.45, 2.75) is 77.8 Å². The Labute approximate surface area is 120 Å². The number of likely N-dealkylation sites (tertiary alicyclic amines) is 1. The van der Waals surface area contributed by atoms with Crippen LogP contribution in [0.15, 0.2) is 0 Å². The lowest BCUT2D eigenvalue weighted by Crippen LogP contribution is -2.49. The fourth-order valence-corrected chi connectivity index (χ4v) is 3.90. The van der Waals surface area contributed by atoms with Gasteiger partial charge in [-0.15, -0.1) is 0 Å². The van der Waals surface area contributed by atoms with Crippen LogP contribution in [-0.4, -0.2) is 36.1 Å². The van der Waals surface area contributed by atoms with Gasteiger partial charge in [0.15, 0.2) is 0 Å².